The Morgan fingerprint density at radius 1 is 0.468 bits per heavy atom. The second kappa shape index (κ2) is 23.5. The van der Waals surface area contributed by atoms with Crippen molar-refractivity contribution in [1.29, 1.82) is 0 Å². The first kappa shape index (κ1) is 45.1. The summed E-state index contributed by atoms with van der Waals surface area (Å²) >= 11 is 3.61. The number of thioether (sulfide) groups is 2. The van der Waals surface area contributed by atoms with Crippen LogP contribution < -0.4 is 18.9 Å². The van der Waals surface area contributed by atoms with E-state index in [1.54, 1.807) is 52.0 Å². The van der Waals surface area contributed by atoms with Gasteiger partial charge in [-0.25, -0.2) is 0 Å². The third-order valence-corrected chi connectivity index (χ3v) is 13.9. The molecule has 6 aromatic carbocycles. The summed E-state index contributed by atoms with van der Waals surface area (Å²) in [6.45, 7) is 7.00. The number of methoxy groups -OCH3 is 4. The highest BCUT2D eigenvalue weighted by molar-refractivity contribution is 8.00. The summed E-state index contributed by atoms with van der Waals surface area (Å²) in [5.41, 5.74) is 5.12. The second-order valence-electron chi connectivity index (χ2n) is 15.2. The maximum absolute atomic E-state index is 6.33. The van der Waals surface area contributed by atoms with Gasteiger partial charge in [-0.15, -0.1) is 23.5 Å². The van der Waals surface area contributed by atoms with Gasteiger partial charge < -0.3 is 28.4 Å². The van der Waals surface area contributed by atoms with Gasteiger partial charge in [-0.2, -0.15) is 0 Å². The summed E-state index contributed by atoms with van der Waals surface area (Å²) < 4.78 is 34.6. The molecule has 2 heterocycles. The van der Waals surface area contributed by atoms with E-state index in [1.165, 1.54) is 22.3 Å². The predicted octanol–water partition coefficient (Wildman–Crippen LogP) is 10.9. The molecule has 0 N–H and O–H groups in total. The molecule has 4 atom stereocenters. The van der Waals surface area contributed by atoms with Crippen molar-refractivity contribution in [3.8, 4) is 23.0 Å². The van der Waals surface area contributed by atoms with Crippen LogP contribution in [0.2, 0.25) is 0 Å². The molecule has 0 radical (unpaired) electrons. The molecule has 10 heteroatoms. The zero-order valence-corrected chi connectivity index (χ0v) is 37.8. The summed E-state index contributed by atoms with van der Waals surface area (Å²) in [6.07, 6.45) is 0.140. The highest BCUT2D eigenvalue weighted by Crippen LogP contribution is 2.45. The lowest BCUT2D eigenvalue weighted by Crippen LogP contribution is -2.44. The van der Waals surface area contributed by atoms with Gasteiger partial charge in [0.05, 0.1) is 74.2 Å². The van der Waals surface area contributed by atoms with Crippen molar-refractivity contribution < 1.29 is 28.4 Å². The van der Waals surface area contributed by atoms with Crippen molar-refractivity contribution in [2.24, 2.45) is 0 Å². The highest BCUT2D eigenvalue weighted by atomic mass is 32.2. The van der Waals surface area contributed by atoms with Crippen LogP contribution >= 0.6 is 23.5 Å². The molecule has 2 saturated heterocycles. The first-order valence-corrected chi connectivity index (χ1v) is 22.9. The van der Waals surface area contributed by atoms with E-state index in [2.05, 4.69) is 119 Å². The molecule has 324 valence electrons. The van der Waals surface area contributed by atoms with Gasteiger partial charge in [0.2, 0.25) is 0 Å². The molecular weight excluding hydrogens is 813 g/mol. The summed E-state index contributed by atoms with van der Waals surface area (Å²) in [5, 5.41) is 0.279. The first-order chi connectivity index (χ1) is 30.5. The van der Waals surface area contributed by atoms with Crippen molar-refractivity contribution in [2.45, 2.75) is 45.6 Å². The Labute approximate surface area is 376 Å². The zero-order chi connectivity index (χ0) is 42.9. The number of para-hydroxylation sites is 2. The van der Waals surface area contributed by atoms with Crippen molar-refractivity contribution >= 4 is 23.5 Å². The van der Waals surface area contributed by atoms with Gasteiger partial charge >= 0.3 is 0 Å². The van der Waals surface area contributed by atoms with E-state index in [9.17, 15) is 0 Å². The number of morpholine rings is 2. The monoisotopic (exact) mass is 870 g/mol. The molecule has 0 saturated carbocycles. The summed E-state index contributed by atoms with van der Waals surface area (Å²) in [5.74, 6) is 3.51. The Morgan fingerprint density at radius 2 is 0.839 bits per heavy atom. The van der Waals surface area contributed by atoms with Crippen molar-refractivity contribution in [3.05, 3.63) is 180 Å². The first-order valence-electron chi connectivity index (χ1n) is 21.2. The van der Waals surface area contributed by atoms with Gasteiger partial charge in [0, 0.05) is 39.3 Å². The fourth-order valence-corrected chi connectivity index (χ4v) is 10.4. The second-order valence-corrected chi connectivity index (χ2v) is 17.6. The lowest BCUT2D eigenvalue weighted by Gasteiger charge is -2.37. The zero-order valence-electron chi connectivity index (χ0n) is 36.1. The standard InChI is InChI=1S/2C26H29NO3S/c2*1-28-22-14-12-21(13-15-22)26(31-25-11-7-6-10-23(25)29-2)24-19-27(16-17-30-24)18-20-8-4-3-5-9-20/h2*3-15,24,26H,16-19H2,1-2H3/t2*24-,26-/m10/s1. The van der Waals surface area contributed by atoms with Crippen LogP contribution in [0.25, 0.3) is 0 Å². The molecule has 0 amide bonds. The van der Waals surface area contributed by atoms with Crippen LogP contribution in [-0.4, -0.2) is 89.8 Å². The largest absolute Gasteiger partial charge is 0.497 e. The molecule has 2 aliphatic heterocycles. The van der Waals surface area contributed by atoms with Crippen LogP contribution in [0, 0.1) is 0 Å². The number of ether oxygens (including phenoxy) is 6. The smallest absolute Gasteiger partial charge is 0.132 e. The van der Waals surface area contributed by atoms with E-state index in [4.69, 9.17) is 28.4 Å². The molecular formula is C52H58N2O6S2. The number of hydrogen-bond donors (Lipinski definition) is 0. The minimum atomic E-state index is 0.0702. The fraction of sp³-hybridized carbons (Fsp3) is 0.308. The van der Waals surface area contributed by atoms with Crippen LogP contribution in [0.4, 0.5) is 0 Å². The summed E-state index contributed by atoms with van der Waals surface area (Å²) in [4.78, 5) is 7.22. The third-order valence-electron chi connectivity index (χ3n) is 11.1. The molecule has 0 spiro atoms. The quantitative estimate of drug-likeness (QED) is 0.0879. The molecule has 0 aliphatic carbocycles. The van der Waals surface area contributed by atoms with Gasteiger partial charge in [-0.1, -0.05) is 109 Å². The average molecular weight is 871 g/mol. The number of benzene rings is 6. The van der Waals surface area contributed by atoms with Crippen LogP contribution in [0.5, 0.6) is 23.0 Å². The SMILES string of the molecule is COc1ccc([C@@H](Sc2ccccc2OC)[C@H]2CN(Cc3ccccc3)CCO2)cc1.COc1ccc([C@H](Sc2ccccc2OC)[C@@H]2CN(Cc3ccccc3)CCO2)cc1. The minimum absolute atomic E-state index is 0.0702. The van der Waals surface area contributed by atoms with E-state index >= 15 is 0 Å². The van der Waals surface area contributed by atoms with Crippen molar-refractivity contribution in [1.82, 2.24) is 9.80 Å². The normalized spacial score (nSPS) is 17.8. The van der Waals surface area contributed by atoms with Gasteiger partial charge in [0.25, 0.3) is 0 Å². The van der Waals surface area contributed by atoms with E-state index < -0.39 is 0 Å². The summed E-state index contributed by atoms with van der Waals surface area (Å²) in [6, 6.07) is 54.3. The molecule has 2 fully saturated rings. The Morgan fingerprint density at radius 3 is 1.21 bits per heavy atom. The Hall–Kier alpha value is -4.94. The number of hydrogen-bond acceptors (Lipinski definition) is 10. The van der Waals surface area contributed by atoms with Gasteiger partial charge in [0.1, 0.15) is 23.0 Å². The van der Waals surface area contributed by atoms with Gasteiger partial charge in [-0.3, -0.25) is 9.80 Å². The van der Waals surface area contributed by atoms with Crippen LogP contribution in [0.1, 0.15) is 32.8 Å². The Bertz CT molecular complexity index is 2060. The molecule has 62 heavy (non-hydrogen) atoms. The molecule has 2 aliphatic rings. The molecule has 0 unspecified atom stereocenters. The van der Waals surface area contributed by atoms with Crippen LogP contribution in [-0.2, 0) is 22.6 Å². The Balaban J connectivity index is 0.000000186. The lowest BCUT2D eigenvalue weighted by molar-refractivity contribution is -0.0321. The van der Waals surface area contributed by atoms with Crippen LogP contribution in [0.3, 0.4) is 0 Å². The van der Waals surface area contributed by atoms with Gasteiger partial charge in [-0.05, 0) is 70.8 Å². The minimum Gasteiger partial charge on any atom is -0.497 e. The summed E-state index contributed by atoms with van der Waals surface area (Å²) in [7, 11) is 6.84. The molecule has 8 rings (SSSR count). The lowest BCUT2D eigenvalue weighted by atomic mass is 10.0. The maximum atomic E-state index is 6.33. The van der Waals surface area contributed by atoms with Crippen molar-refractivity contribution in [3.63, 3.8) is 0 Å². The number of nitrogens with zero attached hydrogens (tertiary/aromatic N) is 2. The molecule has 0 bridgehead atoms. The van der Waals surface area contributed by atoms with Gasteiger partial charge in [0.15, 0.2) is 0 Å². The van der Waals surface area contributed by atoms with E-state index in [-0.39, 0.29) is 22.7 Å². The average Bonchev–Trinajstić information content (AvgIpc) is 3.34. The molecule has 6 aromatic rings. The topological polar surface area (TPSA) is 61.9 Å². The third kappa shape index (κ3) is 12.6. The highest BCUT2D eigenvalue weighted by Gasteiger charge is 2.32. The van der Waals surface area contributed by atoms with E-state index in [1.807, 2.05) is 48.5 Å². The van der Waals surface area contributed by atoms with E-state index in [0.717, 1.165) is 85.3 Å². The number of rotatable bonds is 16. The maximum Gasteiger partial charge on any atom is 0.132 e. The predicted molar refractivity (Wildman–Crippen MR) is 252 cm³/mol. The molecule has 8 nitrogen and oxygen atoms in total. The Kier molecular flexibility index (Phi) is 17.1. The van der Waals surface area contributed by atoms with Crippen molar-refractivity contribution in [2.75, 3.05) is 67.8 Å². The van der Waals surface area contributed by atoms with E-state index in [0.29, 0.717) is 0 Å². The van der Waals surface area contributed by atoms with Crippen LogP contribution in [0.15, 0.2) is 168 Å². The fourth-order valence-electron chi connectivity index (χ4n) is 7.81. The molecule has 0 aromatic heterocycles.